The summed E-state index contributed by atoms with van der Waals surface area (Å²) in [7, 11) is 0. The Morgan fingerprint density at radius 1 is 1.00 bits per heavy atom. The molecule has 6 heteroatoms. The van der Waals surface area contributed by atoms with Crippen molar-refractivity contribution in [3.05, 3.63) is 59.4 Å². The first-order chi connectivity index (χ1) is 13.2. The third-order valence-electron chi connectivity index (χ3n) is 4.20. The molecular weight excluding hydrogens is 345 g/mol. The molecule has 0 saturated heterocycles. The van der Waals surface area contributed by atoms with Crippen molar-refractivity contribution in [2.45, 2.75) is 26.3 Å². The van der Waals surface area contributed by atoms with E-state index in [4.69, 9.17) is 9.47 Å². The van der Waals surface area contributed by atoms with Crippen molar-refractivity contribution in [2.75, 3.05) is 26.3 Å². The minimum absolute atomic E-state index is 0.211. The molecule has 2 aromatic rings. The highest BCUT2D eigenvalue weighted by molar-refractivity contribution is 5.79. The highest BCUT2D eigenvalue weighted by Crippen LogP contribution is 2.30. The van der Waals surface area contributed by atoms with Gasteiger partial charge >= 0.3 is 0 Å². The van der Waals surface area contributed by atoms with Gasteiger partial charge in [0, 0.05) is 19.5 Å². The number of aliphatic imine (C=N–C) groups is 1. The molecule has 144 valence electrons. The minimum Gasteiger partial charge on any atom is -0.490 e. The number of hydrogen-bond donors (Lipinski definition) is 2. The summed E-state index contributed by atoms with van der Waals surface area (Å²) in [5.41, 5.74) is 2.15. The zero-order chi connectivity index (χ0) is 18.9. The fourth-order valence-electron chi connectivity index (χ4n) is 2.79. The van der Waals surface area contributed by atoms with Crippen LogP contribution in [0.5, 0.6) is 11.5 Å². The largest absolute Gasteiger partial charge is 0.490 e. The Hall–Kier alpha value is -2.76. The van der Waals surface area contributed by atoms with Crippen molar-refractivity contribution < 1.29 is 13.9 Å². The number of hydrogen-bond acceptors (Lipinski definition) is 3. The van der Waals surface area contributed by atoms with E-state index in [0.717, 1.165) is 54.5 Å². The van der Waals surface area contributed by atoms with Crippen LogP contribution in [0.1, 0.15) is 24.5 Å². The number of guanidine groups is 1. The van der Waals surface area contributed by atoms with Crippen LogP contribution in [0, 0.1) is 5.82 Å². The molecule has 0 unspecified atom stereocenters. The summed E-state index contributed by atoms with van der Waals surface area (Å²) >= 11 is 0. The first kappa shape index (κ1) is 19.0. The summed E-state index contributed by atoms with van der Waals surface area (Å²) in [5, 5.41) is 6.56. The molecule has 1 aliphatic rings. The van der Waals surface area contributed by atoms with E-state index < -0.39 is 0 Å². The van der Waals surface area contributed by atoms with Gasteiger partial charge in [0.2, 0.25) is 0 Å². The summed E-state index contributed by atoms with van der Waals surface area (Å²) in [4.78, 5) is 4.64. The normalized spacial score (nSPS) is 13.8. The van der Waals surface area contributed by atoms with Crippen molar-refractivity contribution in [1.82, 2.24) is 10.6 Å². The monoisotopic (exact) mass is 371 g/mol. The smallest absolute Gasteiger partial charge is 0.191 e. The quantitative estimate of drug-likeness (QED) is 0.604. The molecule has 0 amide bonds. The second-order valence-electron chi connectivity index (χ2n) is 6.33. The Bertz CT molecular complexity index is 763. The van der Waals surface area contributed by atoms with Crippen molar-refractivity contribution in [1.29, 1.82) is 0 Å². The number of nitrogens with zero attached hydrogens (tertiary/aromatic N) is 1. The van der Waals surface area contributed by atoms with Crippen LogP contribution < -0.4 is 20.1 Å². The Balaban J connectivity index is 1.56. The van der Waals surface area contributed by atoms with Gasteiger partial charge in [0.15, 0.2) is 17.5 Å². The predicted molar refractivity (Wildman–Crippen MR) is 105 cm³/mol. The molecule has 27 heavy (non-hydrogen) atoms. The molecule has 3 rings (SSSR count). The summed E-state index contributed by atoms with van der Waals surface area (Å²) in [6, 6.07) is 12.5. The van der Waals surface area contributed by atoms with Gasteiger partial charge in [-0.05, 0) is 48.7 Å². The van der Waals surface area contributed by atoms with Crippen LogP contribution in [0.4, 0.5) is 4.39 Å². The van der Waals surface area contributed by atoms with Gasteiger partial charge in [-0.3, -0.25) is 0 Å². The van der Waals surface area contributed by atoms with Gasteiger partial charge in [-0.2, -0.15) is 0 Å². The minimum atomic E-state index is -0.211. The molecule has 0 bridgehead atoms. The molecule has 0 aromatic heterocycles. The van der Waals surface area contributed by atoms with E-state index in [1.807, 2.05) is 25.1 Å². The highest BCUT2D eigenvalue weighted by atomic mass is 19.1. The van der Waals surface area contributed by atoms with E-state index in [0.29, 0.717) is 19.8 Å². The van der Waals surface area contributed by atoms with Crippen LogP contribution in [0.15, 0.2) is 47.5 Å². The summed E-state index contributed by atoms with van der Waals surface area (Å²) in [6.07, 6.45) is 1.69. The molecule has 0 radical (unpaired) electrons. The fraction of sp³-hybridized carbons (Fsp3) is 0.381. The van der Waals surface area contributed by atoms with E-state index in [2.05, 4.69) is 15.6 Å². The Morgan fingerprint density at radius 2 is 1.74 bits per heavy atom. The Kier molecular flexibility index (Phi) is 6.90. The molecule has 2 N–H and O–H groups in total. The third-order valence-corrected chi connectivity index (χ3v) is 4.20. The lowest BCUT2D eigenvalue weighted by Crippen LogP contribution is -2.38. The topological polar surface area (TPSA) is 54.9 Å². The van der Waals surface area contributed by atoms with Crippen LogP contribution >= 0.6 is 0 Å². The zero-order valence-electron chi connectivity index (χ0n) is 15.6. The van der Waals surface area contributed by atoms with Crippen LogP contribution in [-0.2, 0) is 13.0 Å². The second kappa shape index (κ2) is 9.80. The number of ether oxygens (including phenoxy) is 2. The lowest BCUT2D eigenvalue weighted by atomic mass is 10.1. The summed E-state index contributed by atoms with van der Waals surface area (Å²) in [5.74, 6) is 2.13. The van der Waals surface area contributed by atoms with E-state index in [1.54, 1.807) is 12.1 Å². The maximum atomic E-state index is 13.0. The van der Waals surface area contributed by atoms with E-state index >= 15 is 0 Å². The SMILES string of the molecule is CCNC(=NCc1ccc2c(c1)OCCCO2)NCCc1ccc(F)cc1. The summed E-state index contributed by atoms with van der Waals surface area (Å²) in [6.45, 7) is 5.44. The Labute approximate surface area is 159 Å². The molecule has 2 aromatic carbocycles. The average Bonchev–Trinajstić information content (AvgIpc) is 2.92. The Morgan fingerprint density at radius 3 is 2.52 bits per heavy atom. The lowest BCUT2D eigenvalue weighted by molar-refractivity contribution is 0.297. The van der Waals surface area contributed by atoms with Crippen LogP contribution in [0.3, 0.4) is 0 Å². The second-order valence-corrected chi connectivity index (χ2v) is 6.33. The number of benzene rings is 2. The molecule has 0 saturated carbocycles. The summed E-state index contributed by atoms with van der Waals surface area (Å²) < 4.78 is 24.4. The van der Waals surface area contributed by atoms with Gasteiger partial charge in [-0.15, -0.1) is 0 Å². The maximum Gasteiger partial charge on any atom is 0.191 e. The van der Waals surface area contributed by atoms with Crippen molar-refractivity contribution >= 4 is 5.96 Å². The maximum absolute atomic E-state index is 13.0. The van der Waals surface area contributed by atoms with Crippen LogP contribution in [0.2, 0.25) is 0 Å². The van der Waals surface area contributed by atoms with Crippen LogP contribution in [0.25, 0.3) is 0 Å². The van der Waals surface area contributed by atoms with E-state index in [9.17, 15) is 4.39 Å². The van der Waals surface area contributed by atoms with E-state index in [-0.39, 0.29) is 5.82 Å². The average molecular weight is 371 g/mol. The highest BCUT2D eigenvalue weighted by Gasteiger charge is 2.10. The molecule has 1 heterocycles. The van der Waals surface area contributed by atoms with Crippen LogP contribution in [-0.4, -0.2) is 32.3 Å². The van der Waals surface area contributed by atoms with Gasteiger partial charge in [-0.25, -0.2) is 9.38 Å². The molecule has 5 nitrogen and oxygen atoms in total. The fourth-order valence-corrected chi connectivity index (χ4v) is 2.79. The van der Waals surface area contributed by atoms with E-state index in [1.165, 1.54) is 12.1 Å². The first-order valence-corrected chi connectivity index (χ1v) is 9.40. The predicted octanol–water partition coefficient (Wildman–Crippen LogP) is 3.28. The molecule has 1 aliphatic heterocycles. The molecule has 0 fully saturated rings. The number of halogens is 1. The number of nitrogens with one attached hydrogen (secondary N) is 2. The van der Waals surface area contributed by atoms with Gasteiger partial charge in [-0.1, -0.05) is 18.2 Å². The number of rotatable bonds is 6. The number of fused-ring (bicyclic) bond motifs is 1. The van der Waals surface area contributed by atoms with Gasteiger partial charge < -0.3 is 20.1 Å². The molecular formula is C21H26FN3O2. The standard InChI is InChI=1S/C21H26FN3O2/c1-2-23-21(24-11-10-16-4-7-18(22)8-5-16)25-15-17-6-9-19-20(14-17)27-13-3-12-26-19/h4-9,14H,2-3,10-13,15H2,1H3,(H2,23,24,25). The van der Waals surface area contributed by atoms with Gasteiger partial charge in [0.25, 0.3) is 0 Å². The molecule has 0 aliphatic carbocycles. The van der Waals surface area contributed by atoms with Crippen molar-refractivity contribution in [2.24, 2.45) is 4.99 Å². The first-order valence-electron chi connectivity index (χ1n) is 9.40. The van der Waals surface area contributed by atoms with Crippen molar-refractivity contribution in [3.8, 4) is 11.5 Å². The van der Waals surface area contributed by atoms with Gasteiger partial charge in [0.1, 0.15) is 5.82 Å². The zero-order valence-corrected chi connectivity index (χ0v) is 15.6. The third kappa shape index (κ3) is 5.88. The lowest BCUT2D eigenvalue weighted by Gasteiger charge is -2.12. The molecule has 0 spiro atoms. The van der Waals surface area contributed by atoms with Gasteiger partial charge in [0.05, 0.1) is 19.8 Å². The van der Waals surface area contributed by atoms with Crippen molar-refractivity contribution in [3.63, 3.8) is 0 Å². The molecule has 0 atom stereocenters.